The number of halogens is 3. The maximum Gasteiger partial charge on any atom is 0.490 e. The molecule has 0 atom stereocenters. The van der Waals surface area contributed by atoms with Gasteiger partial charge in [0.1, 0.15) is 0 Å². The number of rotatable bonds is 3. The van der Waals surface area contributed by atoms with E-state index in [1.54, 1.807) is 6.07 Å². The van der Waals surface area contributed by atoms with Gasteiger partial charge in [0, 0.05) is 23.3 Å². The number of piperidine rings is 1. The maximum atomic E-state index is 12.7. The SMILES string of the molecule is CC(C)NC(=O)c1ccc2c(c1)C1(CCN(C(C)C)CC1)C(=O)N2.O=C(O)C(F)(F)F. The van der Waals surface area contributed by atoms with Crippen molar-refractivity contribution in [1.82, 2.24) is 10.2 Å². The van der Waals surface area contributed by atoms with E-state index in [1.165, 1.54) is 0 Å². The fourth-order valence-corrected chi connectivity index (χ4v) is 3.82. The van der Waals surface area contributed by atoms with E-state index >= 15 is 0 Å². The van der Waals surface area contributed by atoms with Crippen LogP contribution in [0.15, 0.2) is 18.2 Å². The first kappa shape index (κ1) is 24.6. The number of nitrogens with zero attached hydrogens (tertiary/aromatic N) is 1. The van der Waals surface area contributed by atoms with Crippen molar-refractivity contribution in [3.8, 4) is 0 Å². The first-order chi connectivity index (χ1) is 14.3. The summed E-state index contributed by atoms with van der Waals surface area (Å²) in [5.41, 5.74) is 2.01. The zero-order valence-electron chi connectivity index (χ0n) is 18.0. The second kappa shape index (κ2) is 9.25. The van der Waals surface area contributed by atoms with Crippen molar-refractivity contribution in [3.63, 3.8) is 0 Å². The van der Waals surface area contributed by atoms with Gasteiger partial charge >= 0.3 is 12.1 Å². The third-order valence-corrected chi connectivity index (χ3v) is 5.52. The highest BCUT2D eigenvalue weighted by molar-refractivity contribution is 6.07. The number of alkyl halides is 3. The van der Waals surface area contributed by atoms with Crippen LogP contribution in [0.1, 0.15) is 56.5 Å². The van der Waals surface area contributed by atoms with E-state index in [1.807, 2.05) is 26.0 Å². The summed E-state index contributed by atoms with van der Waals surface area (Å²) >= 11 is 0. The number of anilines is 1. The van der Waals surface area contributed by atoms with Crippen LogP contribution >= 0.6 is 0 Å². The molecular weight excluding hydrogens is 415 g/mol. The van der Waals surface area contributed by atoms with Crippen LogP contribution in [-0.2, 0) is 15.0 Å². The van der Waals surface area contributed by atoms with Gasteiger partial charge in [-0.25, -0.2) is 4.79 Å². The van der Waals surface area contributed by atoms with Gasteiger partial charge in [-0.3, -0.25) is 9.59 Å². The number of likely N-dealkylation sites (tertiary alicyclic amines) is 1. The molecule has 0 radical (unpaired) electrons. The molecule has 0 bridgehead atoms. The fourth-order valence-electron chi connectivity index (χ4n) is 3.82. The van der Waals surface area contributed by atoms with Gasteiger partial charge < -0.3 is 20.6 Å². The van der Waals surface area contributed by atoms with E-state index in [0.717, 1.165) is 37.2 Å². The Morgan fingerprint density at radius 2 is 1.71 bits per heavy atom. The van der Waals surface area contributed by atoms with E-state index in [2.05, 4.69) is 29.4 Å². The van der Waals surface area contributed by atoms with Crippen LogP contribution in [0.25, 0.3) is 0 Å². The zero-order chi connectivity index (χ0) is 23.6. The largest absolute Gasteiger partial charge is 0.490 e. The molecule has 31 heavy (non-hydrogen) atoms. The Balaban J connectivity index is 0.000000423. The lowest BCUT2D eigenvalue weighted by Crippen LogP contribution is -2.48. The molecule has 0 unspecified atom stereocenters. The lowest BCUT2D eigenvalue weighted by Gasteiger charge is -2.39. The number of hydrogen-bond donors (Lipinski definition) is 3. The highest BCUT2D eigenvalue weighted by atomic mass is 19.4. The number of carboxylic acid groups (broad SMARTS) is 1. The molecule has 7 nitrogen and oxygen atoms in total. The normalized spacial score (nSPS) is 17.8. The fraction of sp³-hybridized carbons (Fsp3) is 0.571. The van der Waals surface area contributed by atoms with Crippen molar-refractivity contribution < 1.29 is 32.7 Å². The molecule has 0 aromatic heterocycles. The highest BCUT2D eigenvalue weighted by Crippen LogP contribution is 2.45. The molecule has 2 aliphatic heterocycles. The molecule has 1 spiro atoms. The Labute approximate surface area is 179 Å². The quantitative estimate of drug-likeness (QED) is 0.667. The van der Waals surface area contributed by atoms with Gasteiger partial charge in [-0.1, -0.05) is 0 Å². The van der Waals surface area contributed by atoms with Crippen LogP contribution in [0.5, 0.6) is 0 Å². The van der Waals surface area contributed by atoms with Crippen molar-refractivity contribution in [3.05, 3.63) is 29.3 Å². The summed E-state index contributed by atoms with van der Waals surface area (Å²) in [7, 11) is 0. The lowest BCUT2D eigenvalue weighted by atomic mass is 9.73. The monoisotopic (exact) mass is 443 g/mol. The lowest BCUT2D eigenvalue weighted by molar-refractivity contribution is -0.192. The van der Waals surface area contributed by atoms with Gasteiger partial charge in [-0.15, -0.1) is 0 Å². The highest BCUT2D eigenvalue weighted by Gasteiger charge is 2.48. The van der Waals surface area contributed by atoms with Crippen LogP contribution in [0.4, 0.5) is 18.9 Å². The van der Waals surface area contributed by atoms with Crippen LogP contribution in [-0.4, -0.2) is 59.1 Å². The van der Waals surface area contributed by atoms with Gasteiger partial charge in [-0.05, 0) is 77.4 Å². The molecule has 1 aromatic carbocycles. The topological polar surface area (TPSA) is 98.7 Å². The average molecular weight is 443 g/mol. The number of carbonyl (C=O) groups excluding carboxylic acids is 2. The van der Waals surface area contributed by atoms with Gasteiger partial charge in [0.2, 0.25) is 5.91 Å². The van der Waals surface area contributed by atoms with Crippen LogP contribution in [0.3, 0.4) is 0 Å². The minimum Gasteiger partial charge on any atom is -0.475 e. The standard InChI is InChI=1S/C19H27N3O2.C2HF3O2/c1-12(2)20-17(23)14-5-6-16-15(11-14)19(18(24)21-16)7-9-22(10-8-19)13(3)4;3-2(4,5)1(6)7/h5-6,11-13H,7-10H2,1-4H3,(H,20,23)(H,21,24);(H,6,7). The summed E-state index contributed by atoms with van der Waals surface area (Å²) in [6.45, 7) is 10.1. The third-order valence-electron chi connectivity index (χ3n) is 5.52. The van der Waals surface area contributed by atoms with E-state index in [-0.39, 0.29) is 17.9 Å². The second-order valence-corrected chi connectivity index (χ2v) is 8.36. The summed E-state index contributed by atoms with van der Waals surface area (Å²) in [5, 5.41) is 13.1. The van der Waals surface area contributed by atoms with Crippen molar-refractivity contribution >= 4 is 23.5 Å². The van der Waals surface area contributed by atoms with E-state index in [9.17, 15) is 22.8 Å². The Kier molecular flexibility index (Phi) is 7.36. The number of benzene rings is 1. The molecular formula is C21H28F3N3O4. The van der Waals surface area contributed by atoms with Crippen LogP contribution in [0, 0.1) is 0 Å². The molecule has 1 aromatic rings. The third kappa shape index (κ3) is 5.55. The van der Waals surface area contributed by atoms with Crippen molar-refractivity contribution in [2.45, 2.75) is 64.2 Å². The number of fused-ring (bicyclic) bond motifs is 2. The first-order valence-corrected chi connectivity index (χ1v) is 10.1. The zero-order valence-corrected chi connectivity index (χ0v) is 18.0. The number of hydrogen-bond acceptors (Lipinski definition) is 4. The Bertz CT molecular complexity index is 845. The Morgan fingerprint density at radius 3 is 2.16 bits per heavy atom. The molecule has 172 valence electrons. The molecule has 3 rings (SSSR count). The number of carboxylic acids is 1. The predicted molar refractivity (Wildman–Crippen MR) is 109 cm³/mol. The molecule has 0 aliphatic carbocycles. The minimum absolute atomic E-state index is 0.0816. The number of amides is 2. The summed E-state index contributed by atoms with van der Waals surface area (Å²) in [6.07, 6.45) is -3.47. The van der Waals surface area contributed by atoms with Crippen molar-refractivity contribution in [1.29, 1.82) is 0 Å². The second-order valence-electron chi connectivity index (χ2n) is 8.36. The first-order valence-electron chi connectivity index (χ1n) is 10.1. The van der Waals surface area contributed by atoms with Crippen LogP contribution < -0.4 is 10.6 Å². The molecule has 3 N–H and O–H groups in total. The molecule has 0 saturated carbocycles. The maximum absolute atomic E-state index is 12.7. The van der Waals surface area contributed by atoms with Gasteiger partial charge in [0.25, 0.3) is 5.91 Å². The molecule has 2 aliphatic rings. The summed E-state index contributed by atoms with van der Waals surface area (Å²) in [5.74, 6) is -2.75. The minimum atomic E-state index is -5.08. The Hall–Kier alpha value is -2.62. The molecule has 10 heteroatoms. The summed E-state index contributed by atoms with van der Waals surface area (Å²) in [4.78, 5) is 36.3. The molecule has 2 amide bonds. The van der Waals surface area contributed by atoms with E-state index in [0.29, 0.717) is 11.6 Å². The predicted octanol–water partition coefficient (Wildman–Crippen LogP) is 3.15. The van der Waals surface area contributed by atoms with E-state index in [4.69, 9.17) is 9.90 Å². The average Bonchev–Trinajstić information content (AvgIpc) is 2.92. The number of carbonyl (C=O) groups is 3. The molecule has 2 heterocycles. The summed E-state index contributed by atoms with van der Waals surface area (Å²) in [6, 6.07) is 6.16. The summed E-state index contributed by atoms with van der Waals surface area (Å²) < 4.78 is 31.7. The van der Waals surface area contributed by atoms with Crippen molar-refractivity contribution in [2.75, 3.05) is 18.4 Å². The van der Waals surface area contributed by atoms with E-state index < -0.39 is 17.6 Å². The molecule has 1 fully saturated rings. The van der Waals surface area contributed by atoms with Gasteiger partial charge in [-0.2, -0.15) is 13.2 Å². The number of nitrogens with one attached hydrogen (secondary N) is 2. The van der Waals surface area contributed by atoms with Crippen molar-refractivity contribution in [2.24, 2.45) is 0 Å². The smallest absolute Gasteiger partial charge is 0.475 e. The van der Waals surface area contributed by atoms with Crippen LogP contribution in [0.2, 0.25) is 0 Å². The number of aliphatic carboxylic acids is 1. The van der Waals surface area contributed by atoms with Gasteiger partial charge in [0.05, 0.1) is 5.41 Å². The molecule has 1 saturated heterocycles. The van der Waals surface area contributed by atoms with Gasteiger partial charge in [0.15, 0.2) is 0 Å². The Morgan fingerprint density at radius 1 is 1.16 bits per heavy atom.